The van der Waals surface area contributed by atoms with Crippen molar-refractivity contribution in [3.8, 4) is 11.6 Å². The minimum absolute atomic E-state index is 0.639. The smallest absolute Gasteiger partial charge is 0.219 e. The first kappa shape index (κ1) is 15.4. The summed E-state index contributed by atoms with van der Waals surface area (Å²) in [7, 11) is 1.94. The molecule has 4 nitrogen and oxygen atoms in total. The van der Waals surface area contributed by atoms with Crippen molar-refractivity contribution in [1.82, 2.24) is 15.3 Å². The maximum Gasteiger partial charge on any atom is 0.219 e. The van der Waals surface area contributed by atoms with Gasteiger partial charge >= 0.3 is 0 Å². The summed E-state index contributed by atoms with van der Waals surface area (Å²) < 4.78 is 5.98. The molecule has 0 saturated heterocycles. The Morgan fingerprint density at radius 1 is 1.10 bits per heavy atom. The molecule has 2 rings (SSSR count). The van der Waals surface area contributed by atoms with E-state index < -0.39 is 0 Å². The molecule has 0 fully saturated rings. The van der Waals surface area contributed by atoms with Gasteiger partial charge in [0, 0.05) is 24.0 Å². The first-order valence-corrected chi connectivity index (χ1v) is 7.45. The van der Waals surface area contributed by atoms with E-state index in [1.165, 1.54) is 5.56 Å². The third-order valence-corrected chi connectivity index (χ3v) is 3.28. The van der Waals surface area contributed by atoms with Gasteiger partial charge in [-0.1, -0.05) is 13.8 Å². The molecule has 4 heteroatoms. The summed E-state index contributed by atoms with van der Waals surface area (Å²) in [5.74, 6) is 1.43. The van der Waals surface area contributed by atoms with Gasteiger partial charge in [0.05, 0.1) is 5.69 Å². The minimum Gasteiger partial charge on any atom is -0.437 e. The fourth-order valence-corrected chi connectivity index (χ4v) is 2.22. The molecule has 21 heavy (non-hydrogen) atoms. The topological polar surface area (TPSA) is 47.0 Å². The highest BCUT2D eigenvalue weighted by molar-refractivity contribution is 5.34. The molecule has 0 aromatic carbocycles. The molecule has 2 heterocycles. The van der Waals surface area contributed by atoms with Crippen LogP contribution >= 0.6 is 0 Å². The van der Waals surface area contributed by atoms with Crippen molar-refractivity contribution in [2.45, 2.75) is 40.2 Å². The number of aryl methyl sites for hydroxylation is 3. The zero-order valence-corrected chi connectivity index (χ0v) is 13.2. The van der Waals surface area contributed by atoms with Crippen LogP contribution in [0.5, 0.6) is 11.6 Å². The van der Waals surface area contributed by atoms with Gasteiger partial charge in [-0.05, 0) is 50.6 Å². The highest BCUT2D eigenvalue weighted by Crippen LogP contribution is 2.25. The summed E-state index contributed by atoms with van der Waals surface area (Å²) >= 11 is 0. The molecule has 1 N–H and O–H groups in total. The number of ether oxygens (including phenoxy) is 1. The Morgan fingerprint density at radius 3 is 2.57 bits per heavy atom. The van der Waals surface area contributed by atoms with Gasteiger partial charge in [-0.2, -0.15) is 0 Å². The lowest BCUT2D eigenvalue weighted by molar-refractivity contribution is 0.451. The quantitative estimate of drug-likeness (QED) is 0.883. The Bertz CT molecular complexity index is 611. The monoisotopic (exact) mass is 285 g/mol. The van der Waals surface area contributed by atoms with Crippen LogP contribution in [0.25, 0.3) is 0 Å². The second-order valence-electron chi connectivity index (χ2n) is 5.04. The number of hydrogen-bond acceptors (Lipinski definition) is 4. The summed E-state index contributed by atoms with van der Waals surface area (Å²) in [4.78, 5) is 9.07. The van der Waals surface area contributed by atoms with E-state index in [1.807, 2.05) is 32.2 Å². The number of rotatable bonds is 6. The summed E-state index contributed by atoms with van der Waals surface area (Å²) in [6.07, 6.45) is 1.73. The Morgan fingerprint density at radius 2 is 1.90 bits per heavy atom. The molecule has 0 bridgehead atoms. The first-order valence-electron chi connectivity index (χ1n) is 7.45. The Balaban J connectivity index is 2.32. The van der Waals surface area contributed by atoms with Crippen LogP contribution in [0.15, 0.2) is 24.3 Å². The molecule has 0 aliphatic heterocycles. The number of aromatic nitrogens is 2. The standard InChI is InChI=1S/C17H23N3O/c1-5-14-9-13(11-18-4)10-17(20-14)21-16-8-7-12(3)19-15(16)6-2/h7-10,18H,5-6,11H2,1-4H3. The van der Waals surface area contributed by atoms with Crippen molar-refractivity contribution < 1.29 is 4.74 Å². The van der Waals surface area contributed by atoms with Crippen LogP contribution in [0, 0.1) is 6.92 Å². The summed E-state index contributed by atoms with van der Waals surface area (Å²) in [5, 5.41) is 3.16. The largest absolute Gasteiger partial charge is 0.437 e. The lowest BCUT2D eigenvalue weighted by atomic mass is 10.2. The molecule has 0 saturated carbocycles. The van der Waals surface area contributed by atoms with Gasteiger partial charge in [0.25, 0.3) is 0 Å². The summed E-state index contributed by atoms with van der Waals surface area (Å²) in [6, 6.07) is 8.03. The molecule has 2 aromatic rings. The zero-order chi connectivity index (χ0) is 15.2. The average Bonchev–Trinajstić information content (AvgIpc) is 2.49. The molecule has 0 spiro atoms. The molecular formula is C17H23N3O. The molecule has 112 valence electrons. The normalized spacial score (nSPS) is 10.7. The number of nitrogens with zero attached hydrogens (tertiary/aromatic N) is 2. The van der Waals surface area contributed by atoms with Gasteiger partial charge in [-0.15, -0.1) is 0 Å². The molecule has 0 atom stereocenters. The lowest BCUT2D eigenvalue weighted by Crippen LogP contribution is -2.07. The predicted molar refractivity (Wildman–Crippen MR) is 84.8 cm³/mol. The van der Waals surface area contributed by atoms with Gasteiger partial charge < -0.3 is 10.1 Å². The van der Waals surface area contributed by atoms with E-state index >= 15 is 0 Å². The third kappa shape index (κ3) is 4.02. The number of nitrogens with one attached hydrogen (secondary N) is 1. The Kier molecular flexibility index (Phi) is 5.28. The van der Waals surface area contributed by atoms with E-state index in [0.717, 1.165) is 42.2 Å². The van der Waals surface area contributed by atoms with Crippen molar-refractivity contribution >= 4 is 0 Å². The maximum atomic E-state index is 5.98. The SMILES string of the molecule is CCc1cc(CNC)cc(Oc2ccc(C)nc2CC)n1. The molecule has 0 radical (unpaired) electrons. The summed E-state index contributed by atoms with van der Waals surface area (Å²) in [5.41, 5.74) is 4.19. The van der Waals surface area contributed by atoms with E-state index in [-0.39, 0.29) is 0 Å². The number of hydrogen-bond donors (Lipinski definition) is 1. The zero-order valence-electron chi connectivity index (χ0n) is 13.2. The highest BCUT2D eigenvalue weighted by atomic mass is 16.5. The maximum absolute atomic E-state index is 5.98. The Hall–Kier alpha value is -1.94. The molecular weight excluding hydrogens is 262 g/mol. The fourth-order valence-electron chi connectivity index (χ4n) is 2.22. The van der Waals surface area contributed by atoms with Crippen molar-refractivity contribution in [3.63, 3.8) is 0 Å². The van der Waals surface area contributed by atoms with Crippen LogP contribution in [0.1, 0.15) is 36.5 Å². The fraction of sp³-hybridized carbons (Fsp3) is 0.412. The minimum atomic E-state index is 0.639. The number of pyridine rings is 2. The van der Waals surface area contributed by atoms with E-state index in [1.54, 1.807) is 0 Å². The third-order valence-electron chi connectivity index (χ3n) is 3.28. The van der Waals surface area contributed by atoms with E-state index in [9.17, 15) is 0 Å². The highest BCUT2D eigenvalue weighted by Gasteiger charge is 2.08. The molecule has 0 unspecified atom stereocenters. The van der Waals surface area contributed by atoms with E-state index in [0.29, 0.717) is 5.88 Å². The predicted octanol–water partition coefficient (Wildman–Crippen LogP) is 3.42. The van der Waals surface area contributed by atoms with Gasteiger partial charge in [0.15, 0.2) is 5.75 Å². The average molecular weight is 285 g/mol. The van der Waals surface area contributed by atoms with Gasteiger partial charge in [0.1, 0.15) is 0 Å². The Labute approximate surface area is 126 Å². The van der Waals surface area contributed by atoms with Crippen LogP contribution in [-0.4, -0.2) is 17.0 Å². The van der Waals surface area contributed by atoms with E-state index in [4.69, 9.17) is 4.74 Å². The van der Waals surface area contributed by atoms with Crippen LogP contribution in [0.4, 0.5) is 0 Å². The van der Waals surface area contributed by atoms with Gasteiger partial charge in [-0.3, -0.25) is 4.98 Å². The van der Waals surface area contributed by atoms with Gasteiger partial charge in [0.2, 0.25) is 5.88 Å². The van der Waals surface area contributed by atoms with Crippen LogP contribution in [0.2, 0.25) is 0 Å². The van der Waals surface area contributed by atoms with Crippen molar-refractivity contribution in [3.05, 3.63) is 46.9 Å². The van der Waals surface area contributed by atoms with Crippen molar-refractivity contribution in [1.29, 1.82) is 0 Å². The van der Waals surface area contributed by atoms with Crippen LogP contribution in [-0.2, 0) is 19.4 Å². The van der Waals surface area contributed by atoms with Gasteiger partial charge in [-0.25, -0.2) is 4.98 Å². The first-order chi connectivity index (χ1) is 10.2. The second kappa shape index (κ2) is 7.18. The molecule has 2 aromatic heterocycles. The second-order valence-corrected chi connectivity index (χ2v) is 5.04. The van der Waals surface area contributed by atoms with Crippen molar-refractivity contribution in [2.24, 2.45) is 0 Å². The molecule has 0 aliphatic rings. The van der Waals surface area contributed by atoms with Crippen LogP contribution in [0.3, 0.4) is 0 Å². The van der Waals surface area contributed by atoms with E-state index in [2.05, 4.69) is 35.2 Å². The lowest BCUT2D eigenvalue weighted by Gasteiger charge is -2.12. The van der Waals surface area contributed by atoms with Crippen LogP contribution < -0.4 is 10.1 Å². The van der Waals surface area contributed by atoms with Crippen molar-refractivity contribution in [2.75, 3.05) is 7.05 Å². The molecule has 0 aliphatic carbocycles. The summed E-state index contributed by atoms with van der Waals surface area (Å²) in [6.45, 7) is 6.97. The molecule has 0 amide bonds.